The molecule has 0 saturated heterocycles. The lowest BCUT2D eigenvalue weighted by atomic mass is 10.1. The van der Waals surface area contributed by atoms with Crippen LogP contribution in [0.3, 0.4) is 0 Å². The van der Waals surface area contributed by atoms with Crippen molar-refractivity contribution in [3.8, 4) is 11.3 Å². The van der Waals surface area contributed by atoms with Crippen LogP contribution in [0.4, 0.5) is 4.39 Å². The standard InChI is InChI=1S/C10H5BrFNO2/c11-10-13-8(5-14)9(15-10)6-2-1-3-7(12)4-6/h1-5H. The SMILES string of the molecule is O=Cc1nc(Br)oc1-c1cccc(F)c1. The largest absolute Gasteiger partial charge is 0.430 e. The fraction of sp³-hybridized carbons (Fsp3) is 0. The van der Waals surface area contributed by atoms with Crippen molar-refractivity contribution in [2.45, 2.75) is 0 Å². The van der Waals surface area contributed by atoms with E-state index in [1.807, 2.05) is 0 Å². The second kappa shape index (κ2) is 3.94. The molecule has 0 unspecified atom stereocenters. The summed E-state index contributed by atoms with van der Waals surface area (Å²) in [5, 5.41) is 0. The third-order valence-corrected chi connectivity index (χ3v) is 2.16. The van der Waals surface area contributed by atoms with E-state index in [9.17, 15) is 9.18 Å². The number of carbonyl (C=O) groups excluding carboxylic acids is 1. The third kappa shape index (κ3) is 1.97. The highest BCUT2D eigenvalue weighted by molar-refractivity contribution is 9.10. The van der Waals surface area contributed by atoms with Crippen LogP contribution in [0.15, 0.2) is 33.5 Å². The van der Waals surface area contributed by atoms with Gasteiger partial charge in [-0.2, -0.15) is 4.98 Å². The molecule has 0 saturated carbocycles. The normalized spacial score (nSPS) is 10.3. The summed E-state index contributed by atoms with van der Waals surface area (Å²) in [6, 6.07) is 5.77. The first kappa shape index (κ1) is 10.0. The van der Waals surface area contributed by atoms with Gasteiger partial charge in [0, 0.05) is 21.5 Å². The van der Waals surface area contributed by atoms with Crippen LogP contribution >= 0.6 is 15.9 Å². The summed E-state index contributed by atoms with van der Waals surface area (Å²) in [5.41, 5.74) is 0.628. The van der Waals surface area contributed by atoms with Crippen LogP contribution in [0.2, 0.25) is 0 Å². The van der Waals surface area contributed by atoms with Crippen molar-refractivity contribution in [3.63, 3.8) is 0 Å². The molecule has 76 valence electrons. The fourth-order valence-corrected chi connectivity index (χ4v) is 1.57. The zero-order valence-corrected chi connectivity index (χ0v) is 8.99. The van der Waals surface area contributed by atoms with Gasteiger partial charge < -0.3 is 4.42 Å². The molecule has 2 rings (SSSR count). The average Bonchev–Trinajstić information content (AvgIpc) is 2.59. The van der Waals surface area contributed by atoms with Crippen molar-refractivity contribution in [1.82, 2.24) is 4.98 Å². The minimum atomic E-state index is -0.392. The minimum absolute atomic E-state index is 0.146. The molecule has 5 heteroatoms. The number of hydrogen-bond donors (Lipinski definition) is 0. The molecule has 0 spiro atoms. The van der Waals surface area contributed by atoms with Crippen molar-refractivity contribution in [3.05, 3.63) is 40.6 Å². The molecule has 0 aliphatic carbocycles. The molecule has 1 heterocycles. The smallest absolute Gasteiger partial charge is 0.265 e. The van der Waals surface area contributed by atoms with E-state index in [-0.39, 0.29) is 16.3 Å². The van der Waals surface area contributed by atoms with Gasteiger partial charge in [-0.05, 0) is 12.1 Å². The lowest BCUT2D eigenvalue weighted by Gasteiger charge is -1.96. The number of aldehydes is 1. The Kier molecular flexibility index (Phi) is 2.64. The van der Waals surface area contributed by atoms with Gasteiger partial charge >= 0.3 is 0 Å². The number of benzene rings is 1. The Labute approximate surface area is 93.1 Å². The highest BCUT2D eigenvalue weighted by Crippen LogP contribution is 2.26. The van der Waals surface area contributed by atoms with Gasteiger partial charge in [-0.25, -0.2) is 4.39 Å². The van der Waals surface area contributed by atoms with E-state index in [2.05, 4.69) is 20.9 Å². The lowest BCUT2D eigenvalue weighted by Crippen LogP contribution is -1.84. The zero-order valence-electron chi connectivity index (χ0n) is 7.41. The summed E-state index contributed by atoms with van der Waals surface area (Å²) in [6.45, 7) is 0. The van der Waals surface area contributed by atoms with Crippen molar-refractivity contribution in [1.29, 1.82) is 0 Å². The number of oxazole rings is 1. The molecule has 2 aromatic rings. The van der Waals surface area contributed by atoms with E-state index in [1.165, 1.54) is 18.2 Å². The summed E-state index contributed by atoms with van der Waals surface area (Å²) in [6.07, 6.45) is 0.564. The maximum absolute atomic E-state index is 12.9. The molecule has 0 atom stereocenters. The maximum atomic E-state index is 12.9. The molecular formula is C10H5BrFNO2. The molecule has 1 aromatic carbocycles. The highest BCUT2D eigenvalue weighted by Gasteiger charge is 2.13. The number of nitrogens with zero attached hydrogens (tertiary/aromatic N) is 1. The van der Waals surface area contributed by atoms with E-state index in [1.54, 1.807) is 6.07 Å². The van der Waals surface area contributed by atoms with Crippen LogP contribution in [0, 0.1) is 5.82 Å². The zero-order chi connectivity index (χ0) is 10.8. The summed E-state index contributed by atoms with van der Waals surface area (Å²) >= 11 is 3.01. The van der Waals surface area contributed by atoms with Gasteiger partial charge in [0.05, 0.1) is 0 Å². The fourth-order valence-electron chi connectivity index (χ4n) is 1.22. The van der Waals surface area contributed by atoms with Crippen LogP contribution in [0.1, 0.15) is 10.5 Å². The van der Waals surface area contributed by atoms with Crippen LogP contribution in [0.25, 0.3) is 11.3 Å². The maximum Gasteiger partial charge on any atom is 0.265 e. The van der Waals surface area contributed by atoms with E-state index < -0.39 is 5.82 Å². The van der Waals surface area contributed by atoms with E-state index in [0.717, 1.165) is 0 Å². The summed E-state index contributed by atoms with van der Waals surface area (Å²) in [7, 11) is 0. The Bertz CT molecular complexity index is 510. The molecule has 0 amide bonds. The topological polar surface area (TPSA) is 43.1 Å². The summed E-state index contributed by atoms with van der Waals surface area (Å²) < 4.78 is 18.1. The van der Waals surface area contributed by atoms with Crippen molar-refractivity contribution < 1.29 is 13.6 Å². The first-order valence-corrected chi connectivity index (χ1v) is 4.87. The lowest BCUT2D eigenvalue weighted by molar-refractivity contribution is 0.111. The Morgan fingerprint density at radius 3 is 2.93 bits per heavy atom. The van der Waals surface area contributed by atoms with Gasteiger partial charge in [0.15, 0.2) is 17.7 Å². The second-order valence-electron chi connectivity index (χ2n) is 2.81. The van der Waals surface area contributed by atoms with Crippen LogP contribution < -0.4 is 0 Å². The predicted octanol–water partition coefficient (Wildman–Crippen LogP) is 3.06. The van der Waals surface area contributed by atoms with Gasteiger partial charge in [0.2, 0.25) is 0 Å². The quantitative estimate of drug-likeness (QED) is 0.787. The molecule has 0 aliphatic heterocycles. The second-order valence-corrected chi connectivity index (χ2v) is 3.49. The Morgan fingerprint density at radius 1 is 1.47 bits per heavy atom. The Morgan fingerprint density at radius 2 is 2.27 bits per heavy atom. The first-order valence-electron chi connectivity index (χ1n) is 4.08. The monoisotopic (exact) mass is 269 g/mol. The van der Waals surface area contributed by atoms with E-state index in [4.69, 9.17) is 4.42 Å². The Hall–Kier alpha value is -1.49. The molecule has 1 aromatic heterocycles. The Balaban J connectivity index is 2.57. The molecule has 0 N–H and O–H groups in total. The average molecular weight is 270 g/mol. The molecule has 0 radical (unpaired) electrons. The third-order valence-electron chi connectivity index (χ3n) is 1.83. The number of carbonyl (C=O) groups is 1. The molecule has 0 fully saturated rings. The molecule has 15 heavy (non-hydrogen) atoms. The first-order chi connectivity index (χ1) is 7.20. The van der Waals surface area contributed by atoms with Gasteiger partial charge in [-0.1, -0.05) is 12.1 Å². The number of hydrogen-bond acceptors (Lipinski definition) is 3. The molecule has 0 bridgehead atoms. The van der Waals surface area contributed by atoms with E-state index in [0.29, 0.717) is 11.8 Å². The number of rotatable bonds is 2. The van der Waals surface area contributed by atoms with Gasteiger partial charge in [0.25, 0.3) is 4.80 Å². The van der Waals surface area contributed by atoms with Crippen LogP contribution in [-0.2, 0) is 0 Å². The van der Waals surface area contributed by atoms with Crippen molar-refractivity contribution in [2.24, 2.45) is 0 Å². The highest BCUT2D eigenvalue weighted by atomic mass is 79.9. The predicted molar refractivity (Wildman–Crippen MR) is 55.0 cm³/mol. The van der Waals surface area contributed by atoms with Gasteiger partial charge in [-0.15, -0.1) is 0 Å². The molecular weight excluding hydrogens is 265 g/mol. The minimum Gasteiger partial charge on any atom is -0.430 e. The summed E-state index contributed by atoms with van der Waals surface area (Å²) in [5.74, 6) is -0.131. The summed E-state index contributed by atoms with van der Waals surface area (Å²) in [4.78, 5) is 14.7. The molecule has 0 aliphatic rings. The van der Waals surface area contributed by atoms with Crippen LogP contribution in [0.5, 0.6) is 0 Å². The van der Waals surface area contributed by atoms with Gasteiger partial charge in [0.1, 0.15) is 5.82 Å². The number of aromatic nitrogens is 1. The molecule has 3 nitrogen and oxygen atoms in total. The van der Waals surface area contributed by atoms with Crippen molar-refractivity contribution >= 4 is 22.2 Å². The van der Waals surface area contributed by atoms with Crippen molar-refractivity contribution in [2.75, 3.05) is 0 Å². The van der Waals surface area contributed by atoms with E-state index >= 15 is 0 Å². The van der Waals surface area contributed by atoms with Gasteiger partial charge in [-0.3, -0.25) is 4.79 Å². The number of halogens is 2. The van der Waals surface area contributed by atoms with Crippen LogP contribution in [-0.4, -0.2) is 11.3 Å².